The molecule has 1 aliphatic heterocycles. The zero-order chi connectivity index (χ0) is 17.2. The summed E-state index contributed by atoms with van der Waals surface area (Å²) in [5, 5.41) is 0. The average Bonchev–Trinajstić information content (AvgIpc) is 2.55. The van der Waals surface area contributed by atoms with Crippen LogP contribution in [0.2, 0.25) is 0 Å². The maximum Gasteiger partial charge on any atom is 0.416 e. The SMILES string of the molecule is O=c1cccc(N2CCN(Cc3ccccc3C(F)(F)F)CC2)[nH]1. The number of H-pyrrole nitrogens is 1. The molecule has 1 aromatic carbocycles. The zero-order valence-electron chi connectivity index (χ0n) is 13.0. The topological polar surface area (TPSA) is 39.3 Å². The highest BCUT2D eigenvalue weighted by atomic mass is 19.4. The monoisotopic (exact) mass is 337 g/mol. The predicted octanol–water partition coefficient (Wildman–Crippen LogP) is 2.72. The number of rotatable bonds is 3. The highest BCUT2D eigenvalue weighted by Crippen LogP contribution is 2.32. The highest BCUT2D eigenvalue weighted by Gasteiger charge is 2.33. The molecule has 0 amide bonds. The number of hydrogen-bond donors (Lipinski definition) is 1. The van der Waals surface area contributed by atoms with E-state index in [-0.39, 0.29) is 12.1 Å². The van der Waals surface area contributed by atoms with Crippen LogP contribution in [-0.4, -0.2) is 36.1 Å². The van der Waals surface area contributed by atoms with Gasteiger partial charge in [-0.15, -0.1) is 0 Å². The van der Waals surface area contributed by atoms with Crippen molar-refractivity contribution in [3.63, 3.8) is 0 Å². The Labute approximate surface area is 137 Å². The smallest absolute Gasteiger partial charge is 0.356 e. The quantitative estimate of drug-likeness (QED) is 0.936. The number of aromatic nitrogens is 1. The lowest BCUT2D eigenvalue weighted by atomic mass is 10.1. The van der Waals surface area contributed by atoms with Gasteiger partial charge in [0, 0.05) is 38.8 Å². The summed E-state index contributed by atoms with van der Waals surface area (Å²) >= 11 is 0. The Balaban J connectivity index is 1.65. The van der Waals surface area contributed by atoms with Gasteiger partial charge in [0.05, 0.1) is 5.56 Å². The molecule has 0 atom stereocenters. The molecule has 1 fully saturated rings. The van der Waals surface area contributed by atoms with Gasteiger partial charge in [0.15, 0.2) is 0 Å². The molecule has 128 valence electrons. The van der Waals surface area contributed by atoms with Crippen molar-refractivity contribution < 1.29 is 13.2 Å². The Morgan fingerprint density at radius 2 is 1.67 bits per heavy atom. The first kappa shape index (κ1) is 16.6. The van der Waals surface area contributed by atoms with E-state index >= 15 is 0 Å². The lowest BCUT2D eigenvalue weighted by molar-refractivity contribution is -0.138. The molecule has 0 unspecified atom stereocenters. The second-order valence-electron chi connectivity index (χ2n) is 5.82. The van der Waals surface area contributed by atoms with Gasteiger partial charge in [-0.1, -0.05) is 24.3 Å². The molecule has 2 aromatic rings. The molecule has 0 saturated carbocycles. The number of alkyl halides is 3. The van der Waals surface area contributed by atoms with Gasteiger partial charge >= 0.3 is 6.18 Å². The van der Waals surface area contributed by atoms with Crippen LogP contribution in [-0.2, 0) is 12.7 Å². The van der Waals surface area contributed by atoms with Crippen LogP contribution in [0.1, 0.15) is 11.1 Å². The van der Waals surface area contributed by atoms with Gasteiger partial charge in [0.1, 0.15) is 5.82 Å². The van der Waals surface area contributed by atoms with Crippen molar-refractivity contribution in [2.24, 2.45) is 0 Å². The molecule has 3 rings (SSSR count). The van der Waals surface area contributed by atoms with Crippen LogP contribution in [0, 0.1) is 0 Å². The van der Waals surface area contributed by atoms with E-state index in [1.165, 1.54) is 18.2 Å². The summed E-state index contributed by atoms with van der Waals surface area (Å²) in [6.45, 7) is 2.88. The number of nitrogens with zero attached hydrogens (tertiary/aromatic N) is 2. The van der Waals surface area contributed by atoms with E-state index in [1.54, 1.807) is 12.1 Å². The molecule has 0 aliphatic carbocycles. The molecule has 0 bridgehead atoms. The summed E-state index contributed by atoms with van der Waals surface area (Å²) in [7, 11) is 0. The minimum absolute atomic E-state index is 0.158. The molecular formula is C17H18F3N3O. The lowest BCUT2D eigenvalue weighted by Crippen LogP contribution is -2.46. The van der Waals surface area contributed by atoms with Crippen LogP contribution in [0.4, 0.5) is 19.0 Å². The van der Waals surface area contributed by atoms with Crippen LogP contribution in [0.15, 0.2) is 47.3 Å². The Morgan fingerprint density at radius 3 is 2.33 bits per heavy atom. The van der Waals surface area contributed by atoms with Crippen molar-refractivity contribution >= 4 is 5.82 Å². The first-order chi connectivity index (χ1) is 11.4. The molecule has 1 N–H and O–H groups in total. The largest absolute Gasteiger partial charge is 0.416 e. The fraction of sp³-hybridized carbons (Fsp3) is 0.353. The summed E-state index contributed by atoms with van der Waals surface area (Å²) in [5.74, 6) is 0.748. The number of nitrogens with one attached hydrogen (secondary N) is 1. The third-order valence-corrected chi connectivity index (χ3v) is 4.18. The van der Waals surface area contributed by atoms with Gasteiger partial charge in [-0.2, -0.15) is 13.2 Å². The van der Waals surface area contributed by atoms with Crippen molar-refractivity contribution in [2.75, 3.05) is 31.1 Å². The van der Waals surface area contributed by atoms with Crippen molar-refractivity contribution in [1.29, 1.82) is 0 Å². The van der Waals surface area contributed by atoms with Gasteiger partial charge < -0.3 is 9.88 Å². The summed E-state index contributed by atoms with van der Waals surface area (Å²) < 4.78 is 39.2. The number of piperazine rings is 1. The number of halogens is 3. The van der Waals surface area contributed by atoms with Gasteiger partial charge in [-0.25, -0.2) is 0 Å². The number of aromatic amines is 1. The molecule has 4 nitrogen and oxygen atoms in total. The molecule has 2 heterocycles. The van der Waals surface area contributed by atoms with Crippen molar-refractivity contribution in [3.8, 4) is 0 Å². The molecular weight excluding hydrogens is 319 g/mol. The summed E-state index contributed by atoms with van der Waals surface area (Å²) in [6.07, 6.45) is -4.33. The Bertz CT molecular complexity index is 749. The summed E-state index contributed by atoms with van der Waals surface area (Å²) in [4.78, 5) is 18.2. The minimum Gasteiger partial charge on any atom is -0.356 e. The standard InChI is InChI=1S/C17H18F3N3O/c18-17(19,20)14-5-2-1-4-13(14)12-22-8-10-23(11-9-22)15-6-3-7-16(24)21-15/h1-7H,8-12H2,(H,21,24). The number of pyridine rings is 1. The van der Waals surface area contributed by atoms with Crippen LogP contribution < -0.4 is 10.5 Å². The van der Waals surface area contributed by atoms with E-state index in [9.17, 15) is 18.0 Å². The maximum absolute atomic E-state index is 13.1. The number of hydrogen-bond acceptors (Lipinski definition) is 3. The summed E-state index contributed by atoms with van der Waals surface area (Å²) in [5.41, 5.74) is -0.430. The van der Waals surface area contributed by atoms with Gasteiger partial charge in [-0.3, -0.25) is 9.69 Å². The summed E-state index contributed by atoms with van der Waals surface area (Å²) in [6, 6.07) is 10.7. The molecule has 24 heavy (non-hydrogen) atoms. The van der Waals surface area contributed by atoms with E-state index in [4.69, 9.17) is 0 Å². The van der Waals surface area contributed by atoms with Crippen LogP contribution in [0.3, 0.4) is 0 Å². The predicted molar refractivity (Wildman–Crippen MR) is 86.0 cm³/mol. The first-order valence-corrected chi connectivity index (χ1v) is 7.75. The molecule has 0 radical (unpaired) electrons. The van der Waals surface area contributed by atoms with Crippen LogP contribution >= 0.6 is 0 Å². The van der Waals surface area contributed by atoms with Crippen LogP contribution in [0.25, 0.3) is 0 Å². The Morgan fingerprint density at radius 1 is 0.958 bits per heavy atom. The Kier molecular flexibility index (Phi) is 4.62. The van der Waals surface area contributed by atoms with Crippen molar-refractivity contribution in [1.82, 2.24) is 9.88 Å². The van der Waals surface area contributed by atoms with E-state index in [2.05, 4.69) is 4.98 Å². The maximum atomic E-state index is 13.1. The van der Waals surface area contributed by atoms with E-state index < -0.39 is 11.7 Å². The third-order valence-electron chi connectivity index (χ3n) is 4.18. The second-order valence-corrected chi connectivity index (χ2v) is 5.82. The van der Waals surface area contributed by atoms with Gasteiger partial charge in [0.25, 0.3) is 0 Å². The molecule has 1 aromatic heterocycles. The second kappa shape index (κ2) is 6.68. The zero-order valence-corrected chi connectivity index (χ0v) is 13.0. The van der Waals surface area contributed by atoms with E-state index in [0.717, 1.165) is 11.9 Å². The van der Waals surface area contributed by atoms with Crippen molar-refractivity contribution in [3.05, 3.63) is 63.9 Å². The number of benzene rings is 1. The van der Waals surface area contributed by atoms with Crippen molar-refractivity contribution in [2.45, 2.75) is 12.7 Å². The number of anilines is 1. The first-order valence-electron chi connectivity index (χ1n) is 7.75. The molecule has 0 spiro atoms. The molecule has 1 aliphatic rings. The fourth-order valence-electron chi connectivity index (χ4n) is 2.94. The van der Waals surface area contributed by atoms with Gasteiger partial charge in [-0.05, 0) is 17.7 Å². The van der Waals surface area contributed by atoms with Gasteiger partial charge in [0.2, 0.25) is 5.56 Å². The fourth-order valence-corrected chi connectivity index (χ4v) is 2.94. The van der Waals surface area contributed by atoms with E-state index in [1.807, 2.05) is 15.9 Å². The highest BCUT2D eigenvalue weighted by molar-refractivity contribution is 5.38. The third kappa shape index (κ3) is 3.79. The van der Waals surface area contributed by atoms with Crippen LogP contribution in [0.5, 0.6) is 0 Å². The lowest BCUT2D eigenvalue weighted by Gasteiger charge is -2.36. The minimum atomic E-state index is -4.33. The average molecular weight is 337 g/mol. The van der Waals surface area contributed by atoms with E-state index in [0.29, 0.717) is 31.7 Å². The Hall–Kier alpha value is -2.28. The molecule has 7 heteroatoms. The normalized spacial score (nSPS) is 16.4. The molecule has 1 saturated heterocycles.